The van der Waals surface area contributed by atoms with Crippen molar-refractivity contribution >= 4 is 0 Å². The highest BCUT2D eigenvalue weighted by Crippen LogP contribution is 2.27. The highest BCUT2D eigenvalue weighted by molar-refractivity contribution is 5.35. The normalized spacial score (nSPS) is 12.2. The SMILES string of the molecule is CCC(O)c1ccccc1OCc1cc(F)ccc1F. The highest BCUT2D eigenvalue weighted by Gasteiger charge is 2.12. The topological polar surface area (TPSA) is 29.5 Å². The molecule has 1 atom stereocenters. The Morgan fingerprint density at radius 3 is 2.65 bits per heavy atom. The van der Waals surface area contributed by atoms with Gasteiger partial charge in [0.1, 0.15) is 24.0 Å². The molecule has 0 saturated heterocycles. The third kappa shape index (κ3) is 3.33. The third-order valence-corrected chi connectivity index (χ3v) is 3.06. The maximum Gasteiger partial charge on any atom is 0.130 e. The Labute approximate surface area is 116 Å². The van der Waals surface area contributed by atoms with Gasteiger partial charge in [-0.1, -0.05) is 25.1 Å². The van der Waals surface area contributed by atoms with E-state index in [0.29, 0.717) is 17.7 Å². The maximum atomic E-state index is 13.5. The lowest BCUT2D eigenvalue weighted by atomic mass is 10.1. The van der Waals surface area contributed by atoms with Gasteiger partial charge < -0.3 is 9.84 Å². The third-order valence-electron chi connectivity index (χ3n) is 3.06. The molecule has 0 radical (unpaired) electrons. The predicted molar refractivity (Wildman–Crippen MR) is 72.4 cm³/mol. The van der Waals surface area contributed by atoms with Gasteiger partial charge in [0, 0.05) is 11.1 Å². The van der Waals surface area contributed by atoms with Gasteiger partial charge in [-0.2, -0.15) is 0 Å². The van der Waals surface area contributed by atoms with Crippen molar-refractivity contribution in [3.05, 3.63) is 65.2 Å². The lowest BCUT2D eigenvalue weighted by molar-refractivity contribution is 0.166. The van der Waals surface area contributed by atoms with Crippen LogP contribution in [0, 0.1) is 11.6 Å². The number of benzene rings is 2. The van der Waals surface area contributed by atoms with Crippen LogP contribution in [0.2, 0.25) is 0 Å². The fraction of sp³-hybridized carbons (Fsp3) is 0.250. The molecular weight excluding hydrogens is 262 g/mol. The molecule has 0 heterocycles. The molecule has 0 spiro atoms. The second-order valence-electron chi connectivity index (χ2n) is 4.49. The lowest BCUT2D eigenvalue weighted by Gasteiger charge is -2.15. The average molecular weight is 278 g/mol. The summed E-state index contributed by atoms with van der Waals surface area (Å²) in [5.41, 5.74) is 0.789. The van der Waals surface area contributed by atoms with Gasteiger partial charge in [0.15, 0.2) is 0 Å². The van der Waals surface area contributed by atoms with E-state index in [4.69, 9.17) is 4.74 Å². The van der Waals surface area contributed by atoms with Gasteiger partial charge in [0.2, 0.25) is 0 Å². The number of rotatable bonds is 5. The Bertz CT molecular complexity index is 584. The van der Waals surface area contributed by atoms with Gasteiger partial charge >= 0.3 is 0 Å². The van der Waals surface area contributed by atoms with Crippen molar-refractivity contribution in [1.29, 1.82) is 0 Å². The highest BCUT2D eigenvalue weighted by atomic mass is 19.1. The van der Waals surface area contributed by atoms with E-state index in [2.05, 4.69) is 0 Å². The van der Waals surface area contributed by atoms with E-state index >= 15 is 0 Å². The van der Waals surface area contributed by atoms with Crippen molar-refractivity contribution in [1.82, 2.24) is 0 Å². The Morgan fingerprint density at radius 2 is 1.90 bits per heavy atom. The van der Waals surface area contributed by atoms with Crippen LogP contribution in [0.15, 0.2) is 42.5 Å². The summed E-state index contributed by atoms with van der Waals surface area (Å²) >= 11 is 0. The Morgan fingerprint density at radius 1 is 1.15 bits per heavy atom. The van der Waals surface area contributed by atoms with Crippen molar-refractivity contribution in [2.45, 2.75) is 26.1 Å². The van der Waals surface area contributed by atoms with Crippen LogP contribution >= 0.6 is 0 Å². The summed E-state index contributed by atoms with van der Waals surface area (Å²) < 4.78 is 32.1. The second kappa shape index (κ2) is 6.48. The molecule has 0 amide bonds. The van der Waals surface area contributed by atoms with Gasteiger partial charge in [0.05, 0.1) is 6.10 Å². The van der Waals surface area contributed by atoms with Gasteiger partial charge in [-0.25, -0.2) is 8.78 Å². The van der Waals surface area contributed by atoms with Crippen LogP contribution in [0.4, 0.5) is 8.78 Å². The molecule has 0 saturated carbocycles. The largest absolute Gasteiger partial charge is 0.488 e. The summed E-state index contributed by atoms with van der Waals surface area (Å²) in [4.78, 5) is 0. The summed E-state index contributed by atoms with van der Waals surface area (Å²) in [6.45, 7) is 1.77. The fourth-order valence-corrected chi connectivity index (χ4v) is 1.92. The molecule has 0 aromatic heterocycles. The monoisotopic (exact) mass is 278 g/mol. The first-order chi connectivity index (χ1) is 9.61. The minimum atomic E-state index is -0.636. The Kier molecular flexibility index (Phi) is 4.69. The van der Waals surface area contributed by atoms with Crippen LogP contribution in [0.3, 0.4) is 0 Å². The smallest absolute Gasteiger partial charge is 0.130 e. The first kappa shape index (κ1) is 14.5. The summed E-state index contributed by atoms with van der Waals surface area (Å²) in [6.07, 6.45) is -0.0853. The number of aliphatic hydroxyl groups is 1. The molecule has 2 aromatic carbocycles. The number of para-hydroxylation sites is 1. The van der Waals surface area contributed by atoms with Crippen LogP contribution < -0.4 is 4.74 Å². The average Bonchev–Trinajstić information content (AvgIpc) is 2.47. The fourth-order valence-electron chi connectivity index (χ4n) is 1.92. The minimum Gasteiger partial charge on any atom is -0.488 e. The molecule has 0 bridgehead atoms. The van der Waals surface area contributed by atoms with E-state index in [1.807, 2.05) is 6.92 Å². The molecule has 0 aliphatic heterocycles. The molecule has 2 rings (SSSR count). The standard InChI is InChI=1S/C16H16F2O2/c1-2-15(19)13-5-3-4-6-16(13)20-10-11-9-12(17)7-8-14(11)18/h3-9,15,19H,2,10H2,1H3. The molecule has 2 aromatic rings. The van der Waals surface area contributed by atoms with Crippen LogP contribution in [-0.2, 0) is 6.61 Å². The lowest BCUT2D eigenvalue weighted by Crippen LogP contribution is -2.04. The maximum absolute atomic E-state index is 13.5. The molecule has 0 aliphatic carbocycles. The first-order valence-electron chi connectivity index (χ1n) is 6.45. The molecule has 0 fully saturated rings. The van der Waals surface area contributed by atoms with Gasteiger partial charge in [-0.15, -0.1) is 0 Å². The summed E-state index contributed by atoms with van der Waals surface area (Å²) in [7, 11) is 0. The molecule has 0 aliphatic rings. The number of hydrogen-bond acceptors (Lipinski definition) is 2. The minimum absolute atomic E-state index is 0.0863. The van der Waals surface area contributed by atoms with Crippen LogP contribution in [0.5, 0.6) is 5.75 Å². The predicted octanol–water partition coefficient (Wildman–Crippen LogP) is 3.99. The summed E-state index contributed by atoms with van der Waals surface area (Å²) in [6, 6.07) is 10.3. The second-order valence-corrected chi connectivity index (χ2v) is 4.49. The Balaban J connectivity index is 2.17. The molecule has 2 nitrogen and oxygen atoms in total. The van der Waals surface area contributed by atoms with E-state index in [0.717, 1.165) is 18.2 Å². The van der Waals surface area contributed by atoms with Gasteiger partial charge in [-0.05, 0) is 30.7 Å². The van der Waals surface area contributed by atoms with Crippen molar-refractivity contribution in [2.24, 2.45) is 0 Å². The Hall–Kier alpha value is -1.94. The first-order valence-corrected chi connectivity index (χ1v) is 6.45. The molecule has 20 heavy (non-hydrogen) atoms. The zero-order valence-electron chi connectivity index (χ0n) is 11.1. The van der Waals surface area contributed by atoms with Crippen LogP contribution in [0.1, 0.15) is 30.6 Å². The van der Waals surface area contributed by atoms with Crippen molar-refractivity contribution in [3.8, 4) is 5.75 Å². The van der Waals surface area contributed by atoms with E-state index in [1.54, 1.807) is 24.3 Å². The zero-order valence-corrected chi connectivity index (χ0v) is 11.1. The van der Waals surface area contributed by atoms with E-state index in [1.165, 1.54) is 0 Å². The van der Waals surface area contributed by atoms with E-state index in [9.17, 15) is 13.9 Å². The van der Waals surface area contributed by atoms with E-state index in [-0.39, 0.29) is 12.2 Å². The van der Waals surface area contributed by atoms with E-state index < -0.39 is 17.7 Å². The molecule has 106 valence electrons. The number of ether oxygens (including phenoxy) is 1. The van der Waals surface area contributed by atoms with Crippen molar-refractivity contribution in [3.63, 3.8) is 0 Å². The summed E-state index contributed by atoms with van der Waals surface area (Å²) in [5.74, 6) is -0.544. The molecular formula is C16H16F2O2. The molecule has 1 unspecified atom stereocenters. The zero-order chi connectivity index (χ0) is 14.5. The molecule has 1 N–H and O–H groups in total. The number of halogens is 2. The summed E-state index contributed by atoms with van der Waals surface area (Å²) in [5, 5.41) is 9.89. The van der Waals surface area contributed by atoms with Gasteiger partial charge in [0.25, 0.3) is 0 Å². The van der Waals surface area contributed by atoms with Crippen molar-refractivity contribution < 1.29 is 18.6 Å². The number of hydrogen-bond donors (Lipinski definition) is 1. The molecule has 4 heteroatoms. The number of aliphatic hydroxyl groups excluding tert-OH is 1. The van der Waals surface area contributed by atoms with Crippen molar-refractivity contribution in [2.75, 3.05) is 0 Å². The van der Waals surface area contributed by atoms with Crippen LogP contribution in [-0.4, -0.2) is 5.11 Å². The van der Waals surface area contributed by atoms with Crippen LogP contribution in [0.25, 0.3) is 0 Å². The quantitative estimate of drug-likeness (QED) is 0.896. The van der Waals surface area contributed by atoms with Gasteiger partial charge in [-0.3, -0.25) is 0 Å².